The van der Waals surface area contributed by atoms with Crippen LogP contribution in [0.1, 0.15) is 32.1 Å². The van der Waals surface area contributed by atoms with E-state index in [4.69, 9.17) is 10.2 Å². The highest BCUT2D eigenvalue weighted by Gasteiger charge is 2.38. The first kappa shape index (κ1) is 13.1. The number of hydrogen-bond acceptors (Lipinski definition) is 4. The molecule has 2 N–H and O–H groups in total. The van der Waals surface area contributed by atoms with Crippen molar-refractivity contribution in [1.82, 2.24) is 4.90 Å². The first-order valence-electron chi connectivity index (χ1n) is 5.23. The van der Waals surface area contributed by atoms with E-state index in [0.29, 0.717) is 0 Å². The van der Waals surface area contributed by atoms with Crippen LogP contribution in [0, 0.1) is 0 Å². The molecule has 7 heteroatoms. The largest absolute Gasteiger partial charge is 0.481 e. The Morgan fingerprint density at radius 3 is 2.12 bits per heavy atom. The molecule has 1 fully saturated rings. The van der Waals surface area contributed by atoms with Gasteiger partial charge in [0.1, 0.15) is 6.04 Å². The fraction of sp³-hybridized carbons (Fsp3) is 0.600. The van der Waals surface area contributed by atoms with Gasteiger partial charge in [0.2, 0.25) is 11.8 Å². The normalized spacial score (nSPS) is 17.3. The molecule has 0 spiro atoms. The van der Waals surface area contributed by atoms with Crippen LogP contribution in [0.3, 0.4) is 0 Å². The lowest BCUT2D eigenvalue weighted by atomic mass is 10.1. The summed E-state index contributed by atoms with van der Waals surface area (Å²) in [6.45, 7) is 0. The molecule has 0 aromatic heterocycles. The lowest BCUT2D eigenvalue weighted by molar-refractivity contribution is -0.154. The van der Waals surface area contributed by atoms with Gasteiger partial charge < -0.3 is 10.2 Å². The summed E-state index contributed by atoms with van der Waals surface area (Å²) in [6, 6.07) is -1.24. The second kappa shape index (κ2) is 5.42. The lowest BCUT2D eigenvalue weighted by Gasteiger charge is -2.22. The molecular weight excluding hydrogens is 230 g/mol. The van der Waals surface area contributed by atoms with E-state index < -0.39 is 29.8 Å². The molecule has 1 saturated heterocycles. The molecule has 7 nitrogen and oxygen atoms in total. The number of nitrogens with zero attached hydrogens (tertiary/aromatic N) is 1. The number of carboxylic acid groups (broad SMARTS) is 2. The predicted molar refractivity (Wildman–Crippen MR) is 54.0 cm³/mol. The standard InChI is InChI=1S/C10H13NO6/c12-7-4-5-8(13)11(7)6(10(16)17)2-1-3-9(14)15/h6H,1-5H2,(H,14,15)(H,16,17). The maximum absolute atomic E-state index is 11.4. The van der Waals surface area contributed by atoms with Gasteiger partial charge in [0, 0.05) is 19.3 Å². The molecule has 0 saturated carbocycles. The quantitative estimate of drug-likeness (QED) is 0.627. The minimum atomic E-state index is -1.28. The zero-order chi connectivity index (χ0) is 13.0. The van der Waals surface area contributed by atoms with Crippen LogP contribution in [0.2, 0.25) is 0 Å². The minimum Gasteiger partial charge on any atom is -0.481 e. The second-order valence-electron chi connectivity index (χ2n) is 3.80. The Labute approximate surface area is 97.0 Å². The average Bonchev–Trinajstić information content (AvgIpc) is 2.54. The molecule has 0 aromatic rings. The zero-order valence-electron chi connectivity index (χ0n) is 9.09. The number of hydrogen-bond donors (Lipinski definition) is 2. The van der Waals surface area contributed by atoms with Crippen molar-refractivity contribution in [3.05, 3.63) is 0 Å². The summed E-state index contributed by atoms with van der Waals surface area (Å²) in [7, 11) is 0. The Kier molecular flexibility index (Phi) is 4.19. The molecule has 94 valence electrons. The first-order chi connectivity index (χ1) is 7.93. The number of carboxylic acids is 2. The Morgan fingerprint density at radius 1 is 1.18 bits per heavy atom. The number of carbonyl (C=O) groups is 4. The van der Waals surface area contributed by atoms with Crippen molar-refractivity contribution in [1.29, 1.82) is 0 Å². The summed E-state index contributed by atoms with van der Waals surface area (Å²) in [4.78, 5) is 44.7. The molecule has 1 aliphatic rings. The molecule has 0 aliphatic carbocycles. The van der Waals surface area contributed by atoms with E-state index in [1.165, 1.54) is 0 Å². The van der Waals surface area contributed by atoms with Crippen LogP contribution in [-0.4, -0.2) is 44.9 Å². The SMILES string of the molecule is O=C(O)CCCC(C(=O)O)N1C(=O)CCC1=O. The van der Waals surface area contributed by atoms with Crippen molar-refractivity contribution < 1.29 is 29.4 Å². The highest BCUT2D eigenvalue weighted by atomic mass is 16.4. The number of likely N-dealkylation sites (tertiary alicyclic amines) is 1. The Hall–Kier alpha value is -1.92. The lowest BCUT2D eigenvalue weighted by Crippen LogP contribution is -2.44. The smallest absolute Gasteiger partial charge is 0.326 e. The third-order valence-electron chi connectivity index (χ3n) is 2.56. The van der Waals surface area contributed by atoms with Gasteiger partial charge in [0.25, 0.3) is 0 Å². The van der Waals surface area contributed by atoms with E-state index in [0.717, 1.165) is 4.90 Å². The summed E-state index contributed by atoms with van der Waals surface area (Å²) in [6.07, 6.45) is -0.0361. The molecule has 2 amide bonds. The third kappa shape index (κ3) is 3.27. The molecule has 0 aromatic carbocycles. The first-order valence-corrected chi connectivity index (χ1v) is 5.23. The number of rotatable bonds is 6. The second-order valence-corrected chi connectivity index (χ2v) is 3.80. The fourth-order valence-corrected chi connectivity index (χ4v) is 1.75. The van der Waals surface area contributed by atoms with Crippen molar-refractivity contribution in [2.45, 2.75) is 38.1 Å². The number of imide groups is 1. The molecule has 0 radical (unpaired) electrons. The number of amides is 2. The molecule has 1 rings (SSSR count). The molecule has 0 bridgehead atoms. The summed E-state index contributed by atoms with van der Waals surface area (Å²) in [5.41, 5.74) is 0. The maximum atomic E-state index is 11.4. The van der Waals surface area contributed by atoms with Crippen molar-refractivity contribution in [2.24, 2.45) is 0 Å². The number of carbonyl (C=O) groups excluding carboxylic acids is 2. The average molecular weight is 243 g/mol. The van der Waals surface area contributed by atoms with Gasteiger partial charge in [0.15, 0.2) is 0 Å². The van der Waals surface area contributed by atoms with E-state index in [-0.39, 0.29) is 32.1 Å². The maximum Gasteiger partial charge on any atom is 0.326 e. The van der Waals surface area contributed by atoms with Crippen LogP contribution in [-0.2, 0) is 19.2 Å². The Balaban J connectivity index is 2.65. The Bertz CT molecular complexity index is 348. The molecule has 17 heavy (non-hydrogen) atoms. The van der Waals surface area contributed by atoms with Crippen molar-refractivity contribution in [3.8, 4) is 0 Å². The molecule has 1 heterocycles. The fourth-order valence-electron chi connectivity index (χ4n) is 1.75. The topological polar surface area (TPSA) is 112 Å². The van der Waals surface area contributed by atoms with E-state index in [9.17, 15) is 19.2 Å². The highest BCUT2D eigenvalue weighted by molar-refractivity contribution is 6.04. The highest BCUT2D eigenvalue weighted by Crippen LogP contribution is 2.19. The van der Waals surface area contributed by atoms with Crippen LogP contribution in [0.5, 0.6) is 0 Å². The van der Waals surface area contributed by atoms with E-state index >= 15 is 0 Å². The van der Waals surface area contributed by atoms with Gasteiger partial charge in [-0.05, 0) is 12.8 Å². The van der Waals surface area contributed by atoms with E-state index in [1.54, 1.807) is 0 Å². The van der Waals surface area contributed by atoms with Crippen molar-refractivity contribution in [3.63, 3.8) is 0 Å². The van der Waals surface area contributed by atoms with Crippen molar-refractivity contribution in [2.75, 3.05) is 0 Å². The molecule has 1 atom stereocenters. The Morgan fingerprint density at radius 2 is 1.71 bits per heavy atom. The minimum absolute atomic E-state index is 0.0287. The van der Waals surface area contributed by atoms with E-state index in [2.05, 4.69) is 0 Å². The monoisotopic (exact) mass is 243 g/mol. The van der Waals surface area contributed by atoms with Gasteiger partial charge in [0.05, 0.1) is 0 Å². The molecule has 1 unspecified atom stereocenters. The zero-order valence-corrected chi connectivity index (χ0v) is 9.09. The summed E-state index contributed by atoms with van der Waals surface area (Å²) >= 11 is 0. The van der Waals surface area contributed by atoms with Crippen LogP contribution < -0.4 is 0 Å². The summed E-state index contributed by atoms with van der Waals surface area (Å²) in [5, 5.41) is 17.4. The van der Waals surface area contributed by atoms with Gasteiger partial charge in [-0.1, -0.05) is 0 Å². The van der Waals surface area contributed by atoms with Gasteiger partial charge in [-0.25, -0.2) is 4.79 Å². The van der Waals surface area contributed by atoms with Crippen molar-refractivity contribution >= 4 is 23.8 Å². The van der Waals surface area contributed by atoms with Crippen LogP contribution in [0.15, 0.2) is 0 Å². The van der Waals surface area contributed by atoms with Crippen LogP contribution >= 0.6 is 0 Å². The van der Waals surface area contributed by atoms with Gasteiger partial charge >= 0.3 is 11.9 Å². The van der Waals surface area contributed by atoms with Crippen LogP contribution in [0.4, 0.5) is 0 Å². The molecule has 1 aliphatic heterocycles. The van der Waals surface area contributed by atoms with E-state index in [1.807, 2.05) is 0 Å². The van der Waals surface area contributed by atoms with Gasteiger partial charge in [-0.3, -0.25) is 19.3 Å². The predicted octanol–water partition coefficient (Wildman–Crippen LogP) is -0.157. The molecular formula is C10H13NO6. The number of aliphatic carboxylic acids is 2. The third-order valence-corrected chi connectivity index (χ3v) is 2.56. The van der Waals surface area contributed by atoms with Gasteiger partial charge in [-0.2, -0.15) is 0 Å². The van der Waals surface area contributed by atoms with Crippen LogP contribution in [0.25, 0.3) is 0 Å². The summed E-state index contributed by atoms with van der Waals surface area (Å²) in [5.74, 6) is -3.32. The summed E-state index contributed by atoms with van der Waals surface area (Å²) < 4.78 is 0. The van der Waals surface area contributed by atoms with Gasteiger partial charge in [-0.15, -0.1) is 0 Å².